The summed E-state index contributed by atoms with van der Waals surface area (Å²) in [4.78, 5) is 5.46. The third kappa shape index (κ3) is 4.12. The van der Waals surface area contributed by atoms with Gasteiger partial charge < -0.3 is 9.73 Å². The van der Waals surface area contributed by atoms with Gasteiger partial charge in [-0.05, 0) is 55.8 Å². The average Bonchev–Trinajstić information content (AvgIpc) is 2.86. The number of oxazole rings is 1. The van der Waals surface area contributed by atoms with Gasteiger partial charge in [0.15, 0.2) is 0 Å². The molecule has 0 bridgehead atoms. The van der Waals surface area contributed by atoms with Gasteiger partial charge in [-0.25, -0.2) is 4.98 Å². The van der Waals surface area contributed by atoms with E-state index in [0.717, 1.165) is 30.0 Å². The Morgan fingerprint density at radius 2 is 2.00 bits per heavy atom. The number of hydrogen-bond donors (Lipinski definition) is 1. The summed E-state index contributed by atoms with van der Waals surface area (Å²) < 4.78 is 5.36. The first kappa shape index (κ1) is 15.1. The molecule has 1 atom stereocenters. The minimum Gasteiger partial charge on any atom is -0.439 e. The monoisotopic (exact) mass is 290 g/mol. The van der Waals surface area contributed by atoms with Crippen LogP contribution in [0.3, 0.4) is 0 Å². The third-order valence-corrected chi connectivity index (χ3v) is 4.00. The maximum Gasteiger partial charge on any atom is 0.260 e. The van der Waals surface area contributed by atoms with E-state index < -0.39 is 0 Å². The van der Waals surface area contributed by atoms with E-state index in [9.17, 15) is 0 Å². The Balaban J connectivity index is 2.01. The predicted molar refractivity (Wildman–Crippen MR) is 83.1 cm³/mol. The van der Waals surface area contributed by atoms with Crippen molar-refractivity contribution < 1.29 is 4.42 Å². The summed E-state index contributed by atoms with van der Waals surface area (Å²) >= 11 is 1.56. The quantitative estimate of drug-likeness (QED) is 0.809. The van der Waals surface area contributed by atoms with E-state index >= 15 is 0 Å². The summed E-state index contributed by atoms with van der Waals surface area (Å²) in [6.45, 7) is 7.40. The van der Waals surface area contributed by atoms with Crippen molar-refractivity contribution >= 4 is 11.8 Å². The van der Waals surface area contributed by atoms with Gasteiger partial charge in [0, 0.05) is 10.9 Å². The molecule has 1 aromatic carbocycles. The molecule has 1 aromatic heterocycles. The highest BCUT2D eigenvalue weighted by Crippen LogP contribution is 2.28. The van der Waals surface area contributed by atoms with Crippen LogP contribution in [0.15, 0.2) is 45.1 Å². The molecule has 0 amide bonds. The van der Waals surface area contributed by atoms with Crippen LogP contribution in [0, 0.1) is 6.92 Å². The summed E-state index contributed by atoms with van der Waals surface area (Å²) in [5.41, 5.74) is 2.26. The molecule has 0 aliphatic carbocycles. The average molecular weight is 290 g/mol. The third-order valence-electron chi connectivity index (χ3n) is 3.13. The smallest absolute Gasteiger partial charge is 0.260 e. The number of rotatable bonds is 7. The number of aromatic nitrogens is 1. The van der Waals surface area contributed by atoms with E-state index in [1.165, 1.54) is 5.56 Å². The van der Waals surface area contributed by atoms with E-state index in [4.69, 9.17) is 4.42 Å². The van der Waals surface area contributed by atoms with Crippen LogP contribution in [-0.2, 0) is 0 Å². The van der Waals surface area contributed by atoms with Crippen molar-refractivity contribution in [1.29, 1.82) is 0 Å². The highest BCUT2D eigenvalue weighted by molar-refractivity contribution is 7.99. The van der Waals surface area contributed by atoms with Crippen molar-refractivity contribution in [1.82, 2.24) is 10.3 Å². The van der Waals surface area contributed by atoms with Gasteiger partial charge >= 0.3 is 0 Å². The molecule has 0 aliphatic heterocycles. The molecule has 1 N–H and O–H groups in total. The zero-order valence-electron chi connectivity index (χ0n) is 12.3. The van der Waals surface area contributed by atoms with Crippen LogP contribution in [0.4, 0.5) is 0 Å². The molecule has 108 valence electrons. The van der Waals surface area contributed by atoms with Crippen molar-refractivity contribution in [3.05, 3.63) is 41.8 Å². The second-order valence-electron chi connectivity index (χ2n) is 4.84. The molecule has 1 heterocycles. The van der Waals surface area contributed by atoms with Crippen LogP contribution in [0.5, 0.6) is 0 Å². The van der Waals surface area contributed by atoms with Gasteiger partial charge in [-0.15, -0.1) is 0 Å². The number of hydrogen-bond acceptors (Lipinski definition) is 4. The maximum atomic E-state index is 5.36. The lowest BCUT2D eigenvalue weighted by Gasteiger charge is -2.17. The Labute approximate surface area is 125 Å². The van der Waals surface area contributed by atoms with E-state index in [0.29, 0.717) is 11.3 Å². The summed E-state index contributed by atoms with van der Waals surface area (Å²) in [6.07, 6.45) is 3.94. The van der Waals surface area contributed by atoms with E-state index in [-0.39, 0.29) is 0 Å². The summed E-state index contributed by atoms with van der Waals surface area (Å²) in [7, 11) is 0. The van der Waals surface area contributed by atoms with E-state index in [1.54, 1.807) is 18.0 Å². The largest absolute Gasteiger partial charge is 0.439 e. The fourth-order valence-corrected chi connectivity index (χ4v) is 2.82. The highest BCUT2D eigenvalue weighted by atomic mass is 32.2. The molecule has 4 heteroatoms. The predicted octanol–water partition coefficient (Wildman–Crippen LogP) is 4.58. The zero-order valence-corrected chi connectivity index (χ0v) is 13.2. The minimum atomic E-state index is 0.443. The molecular weight excluding hydrogens is 268 g/mol. The van der Waals surface area contributed by atoms with Crippen LogP contribution >= 0.6 is 11.8 Å². The van der Waals surface area contributed by atoms with Crippen LogP contribution < -0.4 is 5.32 Å². The second-order valence-corrected chi connectivity index (χ2v) is 5.87. The van der Waals surface area contributed by atoms with Gasteiger partial charge in [-0.2, -0.15) is 0 Å². The van der Waals surface area contributed by atoms with Gasteiger partial charge in [0.05, 0.1) is 5.69 Å². The zero-order chi connectivity index (χ0) is 14.4. The molecule has 2 aromatic rings. The SMILES string of the molecule is CCCNC(CC)c1ccc(Sc2nc(C)co2)cc1. The fourth-order valence-electron chi connectivity index (χ4n) is 2.06. The molecule has 0 saturated heterocycles. The van der Waals surface area contributed by atoms with E-state index in [1.807, 2.05) is 6.92 Å². The minimum absolute atomic E-state index is 0.443. The molecule has 0 fully saturated rings. The normalized spacial score (nSPS) is 12.6. The standard InChI is InChI=1S/C16H22N2OS/c1-4-10-17-15(5-2)13-6-8-14(9-7-13)20-16-18-12(3)11-19-16/h6-9,11,15,17H,4-5,10H2,1-3H3. The topological polar surface area (TPSA) is 38.1 Å². The van der Waals surface area contributed by atoms with Gasteiger partial charge in [-0.1, -0.05) is 26.0 Å². The highest BCUT2D eigenvalue weighted by Gasteiger charge is 2.09. The first-order valence-electron chi connectivity index (χ1n) is 7.16. The number of benzene rings is 1. The maximum absolute atomic E-state index is 5.36. The van der Waals surface area contributed by atoms with Crippen molar-refractivity contribution in [2.45, 2.75) is 49.8 Å². The molecule has 0 spiro atoms. The summed E-state index contributed by atoms with van der Waals surface area (Å²) in [6, 6.07) is 9.09. The van der Waals surface area contributed by atoms with E-state index in [2.05, 4.69) is 48.4 Å². The van der Waals surface area contributed by atoms with Gasteiger partial charge in [-0.3, -0.25) is 0 Å². The van der Waals surface area contributed by atoms with Crippen molar-refractivity contribution in [2.24, 2.45) is 0 Å². The lowest BCUT2D eigenvalue weighted by molar-refractivity contribution is 0.454. The molecule has 0 radical (unpaired) electrons. The molecule has 3 nitrogen and oxygen atoms in total. The molecule has 2 rings (SSSR count). The lowest BCUT2D eigenvalue weighted by atomic mass is 10.0. The van der Waals surface area contributed by atoms with Crippen molar-refractivity contribution in [2.75, 3.05) is 6.54 Å². The first-order valence-corrected chi connectivity index (χ1v) is 7.98. The van der Waals surface area contributed by atoms with Crippen molar-refractivity contribution in [3.63, 3.8) is 0 Å². The first-order chi connectivity index (χ1) is 9.72. The second kappa shape index (κ2) is 7.50. The van der Waals surface area contributed by atoms with Crippen LogP contribution in [0.1, 0.15) is 44.0 Å². The van der Waals surface area contributed by atoms with Gasteiger partial charge in [0.1, 0.15) is 6.26 Å². The van der Waals surface area contributed by atoms with Crippen LogP contribution in [0.2, 0.25) is 0 Å². The summed E-state index contributed by atoms with van der Waals surface area (Å²) in [5.74, 6) is 0. The Bertz CT molecular complexity index is 522. The Hall–Kier alpha value is -1.26. The Kier molecular flexibility index (Phi) is 5.68. The summed E-state index contributed by atoms with van der Waals surface area (Å²) in [5, 5.41) is 4.27. The number of aryl methyl sites for hydroxylation is 1. The number of nitrogens with one attached hydrogen (secondary N) is 1. The Morgan fingerprint density at radius 3 is 2.55 bits per heavy atom. The van der Waals surface area contributed by atoms with Crippen LogP contribution in [0.25, 0.3) is 0 Å². The van der Waals surface area contributed by atoms with Crippen LogP contribution in [-0.4, -0.2) is 11.5 Å². The molecule has 0 saturated carbocycles. The molecule has 20 heavy (non-hydrogen) atoms. The molecule has 0 aliphatic rings. The Morgan fingerprint density at radius 1 is 1.25 bits per heavy atom. The van der Waals surface area contributed by atoms with Gasteiger partial charge in [0.2, 0.25) is 0 Å². The van der Waals surface area contributed by atoms with Crippen molar-refractivity contribution in [3.8, 4) is 0 Å². The lowest BCUT2D eigenvalue weighted by Crippen LogP contribution is -2.21. The van der Waals surface area contributed by atoms with Gasteiger partial charge in [0.25, 0.3) is 5.22 Å². The molecular formula is C16H22N2OS. The number of nitrogens with zero attached hydrogens (tertiary/aromatic N) is 1. The fraction of sp³-hybridized carbons (Fsp3) is 0.438. The molecule has 1 unspecified atom stereocenters.